The van der Waals surface area contributed by atoms with Crippen molar-refractivity contribution in [1.29, 1.82) is 0 Å². The average Bonchev–Trinajstić information content (AvgIpc) is 3.25. The zero-order valence-electron chi connectivity index (χ0n) is 21.6. The molecule has 2 aromatic carbocycles. The number of aliphatic hydroxyl groups is 1. The zero-order valence-corrected chi connectivity index (χ0v) is 23.2. The topological polar surface area (TPSA) is 64.5 Å². The summed E-state index contributed by atoms with van der Waals surface area (Å²) in [6, 6.07) is 18.7. The van der Waals surface area contributed by atoms with Gasteiger partial charge in [-0.15, -0.1) is 11.3 Å². The number of aryl methyl sites for hydroxylation is 2. The summed E-state index contributed by atoms with van der Waals surface area (Å²) in [5, 5.41) is 11.1. The first kappa shape index (κ1) is 26.2. The van der Waals surface area contributed by atoms with Gasteiger partial charge in [0.2, 0.25) is 0 Å². The molecular formula is C29H32N2O3S2. The molecule has 0 radical (unpaired) electrons. The van der Waals surface area contributed by atoms with E-state index in [0.717, 1.165) is 43.9 Å². The SMILES string of the molecule is COc1ccc(-c2cc(CSc3nc(C)cc(C)n3)c(-c3cccc(CC(C)(C)O)c3)s2)cc1OC. The maximum Gasteiger partial charge on any atom is 0.188 e. The first-order chi connectivity index (χ1) is 17.1. The highest BCUT2D eigenvalue weighted by atomic mass is 32.2. The number of thioether (sulfide) groups is 1. The molecule has 4 aromatic rings. The van der Waals surface area contributed by atoms with Crippen LogP contribution in [0.5, 0.6) is 11.5 Å². The van der Waals surface area contributed by atoms with Gasteiger partial charge < -0.3 is 14.6 Å². The third kappa shape index (κ3) is 6.46. The van der Waals surface area contributed by atoms with Gasteiger partial charge in [0.25, 0.3) is 0 Å². The number of aromatic nitrogens is 2. The van der Waals surface area contributed by atoms with Gasteiger partial charge in [0.05, 0.1) is 19.8 Å². The fourth-order valence-electron chi connectivity index (χ4n) is 4.13. The number of methoxy groups -OCH3 is 2. The van der Waals surface area contributed by atoms with Crippen LogP contribution in [0.4, 0.5) is 0 Å². The highest BCUT2D eigenvalue weighted by molar-refractivity contribution is 7.98. The minimum absolute atomic E-state index is 0.593. The molecule has 0 spiro atoms. The molecule has 188 valence electrons. The van der Waals surface area contributed by atoms with Crippen LogP contribution in [0, 0.1) is 13.8 Å². The Bertz CT molecular complexity index is 1340. The van der Waals surface area contributed by atoms with Gasteiger partial charge in [-0.05, 0) is 80.3 Å². The summed E-state index contributed by atoms with van der Waals surface area (Å²) in [5.74, 6) is 2.16. The van der Waals surface area contributed by atoms with Gasteiger partial charge in [0.15, 0.2) is 16.7 Å². The van der Waals surface area contributed by atoms with Gasteiger partial charge in [-0.2, -0.15) is 0 Å². The van der Waals surface area contributed by atoms with Crippen LogP contribution in [0.1, 0.15) is 36.4 Å². The number of hydrogen-bond donors (Lipinski definition) is 1. The van der Waals surface area contributed by atoms with Crippen molar-refractivity contribution < 1.29 is 14.6 Å². The van der Waals surface area contributed by atoms with Crippen molar-refractivity contribution in [3.63, 3.8) is 0 Å². The van der Waals surface area contributed by atoms with Crippen molar-refractivity contribution in [2.24, 2.45) is 0 Å². The summed E-state index contributed by atoms with van der Waals surface area (Å²) in [6.07, 6.45) is 0.593. The van der Waals surface area contributed by atoms with Gasteiger partial charge >= 0.3 is 0 Å². The first-order valence-electron chi connectivity index (χ1n) is 11.8. The summed E-state index contributed by atoms with van der Waals surface area (Å²) in [7, 11) is 3.30. The van der Waals surface area contributed by atoms with Crippen LogP contribution in [0.3, 0.4) is 0 Å². The molecule has 0 unspecified atom stereocenters. The Hall–Kier alpha value is -2.87. The van der Waals surface area contributed by atoms with Crippen LogP contribution in [0.2, 0.25) is 0 Å². The molecule has 4 rings (SSSR count). The third-order valence-corrected chi connectivity index (χ3v) is 7.79. The van der Waals surface area contributed by atoms with E-state index in [1.165, 1.54) is 10.4 Å². The van der Waals surface area contributed by atoms with Crippen molar-refractivity contribution in [3.05, 3.63) is 77.1 Å². The molecule has 0 bridgehead atoms. The Morgan fingerprint density at radius 1 is 0.889 bits per heavy atom. The summed E-state index contributed by atoms with van der Waals surface area (Å²) >= 11 is 3.40. The number of benzene rings is 2. The second-order valence-corrected chi connectivity index (χ2v) is 11.4. The molecule has 0 amide bonds. The second-order valence-electron chi connectivity index (χ2n) is 9.45. The Balaban J connectivity index is 1.74. The van der Waals surface area contributed by atoms with Crippen LogP contribution in [-0.2, 0) is 12.2 Å². The van der Waals surface area contributed by atoms with Crippen molar-refractivity contribution in [1.82, 2.24) is 9.97 Å². The minimum atomic E-state index is -0.766. The monoisotopic (exact) mass is 520 g/mol. The molecule has 0 saturated carbocycles. The van der Waals surface area contributed by atoms with E-state index < -0.39 is 5.60 Å². The number of ether oxygens (including phenoxy) is 2. The number of thiophene rings is 1. The van der Waals surface area contributed by atoms with E-state index in [-0.39, 0.29) is 0 Å². The lowest BCUT2D eigenvalue weighted by molar-refractivity contribution is 0.0810. The number of nitrogens with zero attached hydrogens (tertiary/aromatic N) is 2. The van der Waals surface area contributed by atoms with Gasteiger partial charge in [0, 0.05) is 33.3 Å². The molecular weight excluding hydrogens is 488 g/mol. The standard InChI is InChI=1S/C29H32N2O3S2/c1-18-12-19(2)31-28(30-18)35-17-23-15-26(21-10-11-24(33-5)25(14-21)34-6)36-27(23)22-9-7-8-20(13-22)16-29(3,4)32/h7-15,32H,16-17H2,1-6H3. The zero-order chi connectivity index (χ0) is 25.9. The Labute approximate surface area is 221 Å². The molecule has 2 aromatic heterocycles. The van der Waals surface area contributed by atoms with Crippen molar-refractivity contribution in [3.8, 4) is 32.4 Å². The summed E-state index contributed by atoms with van der Waals surface area (Å²) in [6.45, 7) is 7.67. The predicted molar refractivity (Wildman–Crippen MR) is 149 cm³/mol. The lowest BCUT2D eigenvalue weighted by Gasteiger charge is -2.17. The van der Waals surface area contributed by atoms with E-state index in [2.05, 4.69) is 46.4 Å². The Morgan fingerprint density at radius 3 is 2.28 bits per heavy atom. The van der Waals surface area contributed by atoms with Crippen LogP contribution in [0.25, 0.3) is 20.9 Å². The van der Waals surface area contributed by atoms with E-state index >= 15 is 0 Å². The summed E-state index contributed by atoms with van der Waals surface area (Å²) in [4.78, 5) is 11.6. The molecule has 0 aliphatic rings. The van der Waals surface area contributed by atoms with Gasteiger partial charge in [-0.1, -0.05) is 36.0 Å². The molecule has 36 heavy (non-hydrogen) atoms. The maximum absolute atomic E-state index is 10.4. The summed E-state index contributed by atoms with van der Waals surface area (Å²) in [5.41, 5.74) is 5.73. The molecule has 1 N–H and O–H groups in total. The smallest absolute Gasteiger partial charge is 0.188 e. The lowest BCUT2D eigenvalue weighted by atomic mass is 9.96. The van der Waals surface area contributed by atoms with E-state index in [1.54, 1.807) is 37.3 Å². The second kappa shape index (κ2) is 11.0. The van der Waals surface area contributed by atoms with Crippen molar-refractivity contribution in [2.75, 3.05) is 14.2 Å². The number of rotatable bonds is 9. The quantitative estimate of drug-likeness (QED) is 0.187. The van der Waals surface area contributed by atoms with E-state index in [0.29, 0.717) is 17.9 Å². The van der Waals surface area contributed by atoms with Crippen LogP contribution < -0.4 is 9.47 Å². The van der Waals surface area contributed by atoms with E-state index in [4.69, 9.17) is 9.47 Å². The minimum Gasteiger partial charge on any atom is -0.493 e. The molecule has 2 heterocycles. The molecule has 0 fully saturated rings. The lowest BCUT2D eigenvalue weighted by Crippen LogP contribution is -2.21. The molecule has 0 atom stereocenters. The van der Waals surface area contributed by atoms with Crippen LogP contribution in [-0.4, -0.2) is 34.9 Å². The fourth-order valence-corrected chi connectivity index (χ4v) is 6.33. The normalized spacial score (nSPS) is 11.5. The average molecular weight is 521 g/mol. The van der Waals surface area contributed by atoms with Gasteiger partial charge in [0.1, 0.15) is 0 Å². The van der Waals surface area contributed by atoms with Crippen LogP contribution in [0.15, 0.2) is 59.8 Å². The molecule has 0 saturated heterocycles. The van der Waals surface area contributed by atoms with Gasteiger partial charge in [-0.25, -0.2) is 9.97 Å². The van der Waals surface area contributed by atoms with Crippen molar-refractivity contribution in [2.45, 2.75) is 50.6 Å². The Morgan fingerprint density at radius 2 is 1.61 bits per heavy atom. The van der Waals surface area contributed by atoms with E-state index in [9.17, 15) is 5.11 Å². The van der Waals surface area contributed by atoms with E-state index in [1.807, 2.05) is 45.9 Å². The largest absolute Gasteiger partial charge is 0.493 e. The predicted octanol–water partition coefficient (Wildman–Crippen LogP) is 7.11. The molecule has 7 heteroatoms. The van der Waals surface area contributed by atoms with Crippen LogP contribution >= 0.6 is 23.1 Å². The molecule has 0 aliphatic heterocycles. The highest BCUT2D eigenvalue weighted by Crippen LogP contribution is 2.42. The Kier molecular flexibility index (Phi) is 8.03. The summed E-state index contributed by atoms with van der Waals surface area (Å²) < 4.78 is 11.0. The third-order valence-electron chi connectivity index (χ3n) is 5.62. The number of hydrogen-bond acceptors (Lipinski definition) is 7. The van der Waals surface area contributed by atoms with Gasteiger partial charge in [-0.3, -0.25) is 0 Å². The first-order valence-corrected chi connectivity index (χ1v) is 13.6. The van der Waals surface area contributed by atoms with Crippen molar-refractivity contribution >= 4 is 23.1 Å². The molecule has 0 aliphatic carbocycles. The fraction of sp³-hybridized carbons (Fsp3) is 0.310. The maximum atomic E-state index is 10.4. The highest BCUT2D eigenvalue weighted by Gasteiger charge is 2.18. The molecule has 5 nitrogen and oxygen atoms in total.